The van der Waals surface area contributed by atoms with Gasteiger partial charge in [0.05, 0.1) is 11.7 Å². The molecule has 0 aliphatic rings. The molecule has 6 nitrogen and oxygen atoms in total. The molecular weight excluding hydrogens is 324 g/mol. The molecule has 5 aromatic rings. The number of nitrogens with two attached hydrogens (primary N) is 1. The molecule has 5 rings (SSSR count). The number of benzene rings is 2. The Morgan fingerprint density at radius 3 is 2.42 bits per heavy atom. The van der Waals surface area contributed by atoms with E-state index in [2.05, 4.69) is 9.97 Å². The van der Waals surface area contributed by atoms with E-state index in [9.17, 15) is 0 Å². The van der Waals surface area contributed by atoms with E-state index in [-0.39, 0.29) is 5.95 Å². The smallest absolute Gasteiger partial charge is 0.222 e. The Kier molecular flexibility index (Phi) is 3.15. The molecule has 0 saturated heterocycles. The van der Waals surface area contributed by atoms with Crippen molar-refractivity contribution < 1.29 is 0 Å². The van der Waals surface area contributed by atoms with Gasteiger partial charge in [-0.25, -0.2) is 15.0 Å². The molecule has 3 heterocycles. The van der Waals surface area contributed by atoms with Crippen LogP contribution >= 0.6 is 0 Å². The van der Waals surface area contributed by atoms with Gasteiger partial charge in [-0.3, -0.25) is 4.57 Å². The summed E-state index contributed by atoms with van der Waals surface area (Å²) in [6, 6.07) is 22.0. The van der Waals surface area contributed by atoms with Crippen LogP contribution in [0.15, 0.2) is 72.9 Å². The fourth-order valence-corrected chi connectivity index (χ4v) is 3.07. The van der Waals surface area contributed by atoms with Crippen molar-refractivity contribution in [2.24, 2.45) is 0 Å². The van der Waals surface area contributed by atoms with Crippen LogP contribution in [0.4, 0.5) is 5.95 Å². The normalized spacial score (nSPS) is 11.2. The van der Waals surface area contributed by atoms with E-state index in [0.717, 1.165) is 22.3 Å². The van der Waals surface area contributed by atoms with Gasteiger partial charge < -0.3 is 5.73 Å². The summed E-state index contributed by atoms with van der Waals surface area (Å²) in [6.07, 6.45) is 1.64. The molecular formula is C20H14N6. The summed E-state index contributed by atoms with van der Waals surface area (Å²) in [5.41, 5.74) is 9.78. The van der Waals surface area contributed by atoms with Gasteiger partial charge in [-0.15, -0.1) is 0 Å². The standard InChI is InChI=1S/C20H14N6/c21-20-22-12-17-19(25-20)26(14-7-2-1-3-8-14)18(24-17)16-11-10-13-6-4-5-9-15(13)23-16/h1-12H,(H2,21,22,25). The van der Waals surface area contributed by atoms with Gasteiger partial charge >= 0.3 is 0 Å². The zero-order valence-corrected chi connectivity index (χ0v) is 13.7. The third-order valence-electron chi connectivity index (χ3n) is 4.26. The largest absolute Gasteiger partial charge is 0.368 e. The lowest BCUT2D eigenvalue weighted by Gasteiger charge is -2.09. The minimum atomic E-state index is 0.215. The fourth-order valence-electron chi connectivity index (χ4n) is 3.07. The molecule has 0 aliphatic carbocycles. The first kappa shape index (κ1) is 14.5. The number of anilines is 1. The van der Waals surface area contributed by atoms with Crippen LogP contribution in [-0.2, 0) is 0 Å². The van der Waals surface area contributed by atoms with Gasteiger partial charge in [0.2, 0.25) is 5.95 Å². The number of rotatable bonds is 2. The molecule has 0 radical (unpaired) electrons. The van der Waals surface area contributed by atoms with Gasteiger partial charge in [0.15, 0.2) is 11.5 Å². The Morgan fingerprint density at radius 1 is 0.731 bits per heavy atom. The van der Waals surface area contributed by atoms with Crippen molar-refractivity contribution in [3.63, 3.8) is 0 Å². The average Bonchev–Trinajstić information content (AvgIpc) is 3.07. The number of nitrogen functional groups attached to an aromatic ring is 1. The predicted molar refractivity (Wildman–Crippen MR) is 102 cm³/mol. The molecule has 0 unspecified atom stereocenters. The van der Waals surface area contributed by atoms with Crippen molar-refractivity contribution in [3.8, 4) is 17.2 Å². The minimum absolute atomic E-state index is 0.215. The van der Waals surface area contributed by atoms with Crippen LogP contribution in [0.25, 0.3) is 39.3 Å². The number of nitrogens with zero attached hydrogens (tertiary/aromatic N) is 5. The molecule has 2 aromatic carbocycles. The number of fused-ring (bicyclic) bond motifs is 2. The fraction of sp³-hybridized carbons (Fsp3) is 0. The lowest BCUT2D eigenvalue weighted by Crippen LogP contribution is -2.01. The van der Waals surface area contributed by atoms with Gasteiger partial charge in [-0.05, 0) is 24.3 Å². The number of hydrogen-bond acceptors (Lipinski definition) is 5. The van der Waals surface area contributed by atoms with E-state index in [1.807, 2.05) is 71.3 Å². The van der Waals surface area contributed by atoms with Gasteiger partial charge in [0, 0.05) is 11.1 Å². The van der Waals surface area contributed by atoms with Gasteiger partial charge in [-0.2, -0.15) is 4.98 Å². The Morgan fingerprint density at radius 2 is 1.54 bits per heavy atom. The van der Waals surface area contributed by atoms with E-state index in [1.165, 1.54) is 0 Å². The Hall–Kier alpha value is -3.80. The summed E-state index contributed by atoms with van der Waals surface area (Å²) in [5.74, 6) is 0.921. The topological polar surface area (TPSA) is 82.5 Å². The zero-order valence-electron chi connectivity index (χ0n) is 13.7. The van der Waals surface area contributed by atoms with Gasteiger partial charge in [0.25, 0.3) is 0 Å². The molecule has 0 fully saturated rings. The molecule has 6 heteroatoms. The third-order valence-corrected chi connectivity index (χ3v) is 4.26. The van der Waals surface area contributed by atoms with Crippen molar-refractivity contribution in [3.05, 3.63) is 72.9 Å². The van der Waals surface area contributed by atoms with Gasteiger partial charge in [-0.1, -0.05) is 42.5 Å². The summed E-state index contributed by atoms with van der Waals surface area (Å²) >= 11 is 0. The number of aromatic nitrogens is 5. The molecule has 2 N–H and O–H groups in total. The van der Waals surface area contributed by atoms with Crippen LogP contribution < -0.4 is 5.73 Å². The summed E-state index contributed by atoms with van der Waals surface area (Å²) in [6.45, 7) is 0. The van der Waals surface area contributed by atoms with E-state index in [0.29, 0.717) is 17.0 Å². The maximum atomic E-state index is 5.81. The zero-order chi connectivity index (χ0) is 17.5. The Labute approximate surface area is 149 Å². The summed E-state index contributed by atoms with van der Waals surface area (Å²) < 4.78 is 1.96. The highest BCUT2D eigenvalue weighted by Gasteiger charge is 2.17. The quantitative estimate of drug-likeness (QED) is 0.531. The first-order valence-corrected chi connectivity index (χ1v) is 8.22. The Bertz CT molecular complexity index is 1240. The maximum Gasteiger partial charge on any atom is 0.222 e. The monoisotopic (exact) mass is 338 g/mol. The van der Waals surface area contributed by atoms with Crippen molar-refractivity contribution in [2.75, 3.05) is 5.73 Å². The first-order valence-electron chi connectivity index (χ1n) is 8.22. The van der Waals surface area contributed by atoms with Gasteiger partial charge in [0.1, 0.15) is 11.2 Å². The molecule has 124 valence electrons. The van der Waals surface area contributed by atoms with Crippen LogP contribution in [-0.4, -0.2) is 24.5 Å². The summed E-state index contributed by atoms with van der Waals surface area (Å²) in [5, 5.41) is 1.09. The highest BCUT2D eigenvalue weighted by atomic mass is 15.2. The molecule has 26 heavy (non-hydrogen) atoms. The predicted octanol–water partition coefficient (Wildman–Crippen LogP) is 3.61. The van der Waals surface area contributed by atoms with Crippen LogP contribution in [0.2, 0.25) is 0 Å². The van der Waals surface area contributed by atoms with Crippen molar-refractivity contribution in [1.29, 1.82) is 0 Å². The van der Waals surface area contributed by atoms with E-state index in [4.69, 9.17) is 15.7 Å². The molecule has 0 spiro atoms. The molecule has 0 atom stereocenters. The minimum Gasteiger partial charge on any atom is -0.368 e. The number of pyridine rings is 1. The van der Waals surface area contributed by atoms with Crippen molar-refractivity contribution in [1.82, 2.24) is 24.5 Å². The van der Waals surface area contributed by atoms with Crippen LogP contribution in [0.1, 0.15) is 0 Å². The molecule has 0 amide bonds. The summed E-state index contributed by atoms with van der Waals surface area (Å²) in [4.78, 5) is 18.0. The third kappa shape index (κ3) is 2.28. The number of para-hydroxylation sites is 2. The molecule has 0 aliphatic heterocycles. The number of imidazole rings is 1. The second-order valence-electron chi connectivity index (χ2n) is 5.93. The van der Waals surface area contributed by atoms with Crippen molar-refractivity contribution in [2.45, 2.75) is 0 Å². The first-order chi connectivity index (χ1) is 12.8. The summed E-state index contributed by atoms with van der Waals surface area (Å²) in [7, 11) is 0. The van der Waals surface area contributed by atoms with E-state index < -0.39 is 0 Å². The van der Waals surface area contributed by atoms with E-state index >= 15 is 0 Å². The number of hydrogen-bond donors (Lipinski definition) is 1. The maximum absolute atomic E-state index is 5.81. The van der Waals surface area contributed by atoms with Crippen LogP contribution in [0.5, 0.6) is 0 Å². The average molecular weight is 338 g/mol. The molecule has 3 aromatic heterocycles. The highest BCUT2D eigenvalue weighted by Crippen LogP contribution is 2.27. The van der Waals surface area contributed by atoms with Crippen molar-refractivity contribution >= 4 is 28.0 Å². The van der Waals surface area contributed by atoms with Crippen LogP contribution in [0.3, 0.4) is 0 Å². The SMILES string of the molecule is Nc1ncc2nc(-c3ccc4ccccc4n3)n(-c3ccccc3)c2n1. The Balaban J connectivity index is 1.84. The lowest BCUT2D eigenvalue weighted by molar-refractivity contribution is 1.06. The molecule has 0 bridgehead atoms. The second-order valence-corrected chi connectivity index (χ2v) is 5.93. The van der Waals surface area contributed by atoms with Crippen LogP contribution in [0, 0.1) is 0 Å². The molecule has 0 saturated carbocycles. The highest BCUT2D eigenvalue weighted by molar-refractivity contribution is 5.83. The van der Waals surface area contributed by atoms with E-state index in [1.54, 1.807) is 6.20 Å². The lowest BCUT2D eigenvalue weighted by atomic mass is 10.2. The second kappa shape index (κ2) is 5.63.